The molecule has 0 atom stereocenters. The van der Waals surface area contributed by atoms with Gasteiger partial charge in [0, 0.05) is 11.0 Å². The number of rotatable bonds is 3. The van der Waals surface area contributed by atoms with Crippen LogP contribution in [0.4, 0.5) is 0 Å². The number of halogens is 1. The number of hydrogen-bond acceptors (Lipinski definition) is 1. The fraction of sp³-hybridized carbons (Fsp3) is 0.250. The Morgan fingerprint density at radius 2 is 2.27 bits per heavy atom. The first-order valence-electron chi connectivity index (χ1n) is 4.81. The van der Waals surface area contributed by atoms with E-state index in [2.05, 4.69) is 21.2 Å². The topological polar surface area (TPSA) is 29.1 Å². The second-order valence-electron chi connectivity index (χ2n) is 3.21. The van der Waals surface area contributed by atoms with Crippen LogP contribution in [0.2, 0.25) is 0 Å². The van der Waals surface area contributed by atoms with Gasteiger partial charge in [0.15, 0.2) is 0 Å². The Balaban J connectivity index is 2.82. The summed E-state index contributed by atoms with van der Waals surface area (Å²) >= 11 is 3.38. The lowest BCUT2D eigenvalue weighted by atomic mass is 10.1. The summed E-state index contributed by atoms with van der Waals surface area (Å²) in [6.07, 6.45) is 3.82. The molecule has 0 aliphatic heterocycles. The predicted molar refractivity (Wildman–Crippen MR) is 66.0 cm³/mol. The molecule has 0 aliphatic carbocycles. The van der Waals surface area contributed by atoms with Crippen LogP contribution in [0.3, 0.4) is 0 Å². The lowest BCUT2D eigenvalue weighted by Crippen LogP contribution is -2.24. The fourth-order valence-corrected chi connectivity index (χ4v) is 1.92. The van der Waals surface area contributed by atoms with Gasteiger partial charge in [0.25, 0.3) is 5.91 Å². The normalized spacial score (nSPS) is 10.6. The number of hydrogen-bond donors (Lipinski definition) is 1. The minimum absolute atomic E-state index is 0.0434. The summed E-state index contributed by atoms with van der Waals surface area (Å²) in [5.41, 5.74) is 1.68. The van der Waals surface area contributed by atoms with E-state index in [0.29, 0.717) is 12.1 Å². The summed E-state index contributed by atoms with van der Waals surface area (Å²) in [4.78, 5) is 11.8. The smallest absolute Gasteiger partial charge is 0.252 e. The molecule has 0 aromatic heterocycles. The van der Waals surface area contributed by atoms with Gasteiger partial charge in [-0.05, 0) is 41.4 Å². The molecule has 2 nitrogen and oxygen atoms in total. The second kappa shape index (κ2) is 5.71. The first-order chi connectivity index (χ1) is 7.16. The Morgan fingerprint density at radius 1 is 1.53 bits per heavy atom. The van der Waals surface area contributed by atoms with E-state index >= 15 is 0 Å². The van der Waals surface area contributed by atoms with Crippen molar-refractivity contribution in [3.63, 3.8) is 0 Å². The zero-order valence-corrected chi connectivity index (χ0v) is 10.5. The molecule has 0 fully saturated rings. The first-order valence-corrected chi connectivity index (χ1v) is 5.60. The largest absolute Gasteiger partial charge is 0.349 e. The van der Waals surface area contributed by atoms with Crippen molar-refractivity contribution in [3.05, 3.63) is 46.0 Å². The van der Waals surface area contributed by atoms with Gasteiger partial charge in [-0.15, -0.1) is 0 Å². The number of aryl methyl sites for hydroxylation is 1. The van der Waals surface area contributed by atoms with Gasteiger partial charge in [-0.1, -0.05) is 24.3 Å². The molecule has 1 N–H and O–H groups in total. The molecule has 80 valence electrons. The molecule has 0 saturated carbocycles. The highest BCUT2D eigenvalue weighted by molar-refractivity contribution is 9.10. The van der Waals surface area contributed by atoms with Gasteiger partial charge in [-0.2, -0.15) is 0 Å². The standard InChI is InChI=1S/C12H14BrNO/c1-3-4-8-14-12(15)11-9(2)6-5-7-10(11)13/h3-7H,8H2,1-2H3,(H,14,15)/b4-3+. The molecule has 0 saturated heterocycles. The highest BCUT2D eigenvalue weighted by Crippen LogP contribution is 2.19. The summed E-state index contributed by atoms with van der Waals surface area (Å²) in [6.45, 7) is 4.42. The van der Waals surface area contributed by atoms with Crippen LogP contribution in [0.1, 0.15) is 22.8 Å². The van der Waals surface area contributed by atoms with E-state index in [-0.39, 0.29) is 5.91 Å². The molecule has 1 aromatic rings. The third kappa shape index (κ3) is 3.20. The van der Waals surface area contributed by atoms with Crippen molar-refractivity contribution in [2.24, 2.45) is 0 Å². The van der Waals surface area contributed by atoms with Crippen LogP contribution in [0, 0.1) is 6.92 Å². The molecular formula is C12H14BrNO. The van der Waals surface area contributed by atoms with Crippen LogP contribution in [-0.4, -0.2) is 12.5 Å². The van der Waals surface area contributed by atoms with E-state index in [1.54, 1.807) is 0 Å². The maximum absolute atomic E-state index is 11.8. The van der Waals surface area contributed by atoms with Crippen molar-refractivity contribution < 1.29 is 4.79 Å². The molecule has 15 heavy (non-hydrogen) atoms. The van der Waals surface area contributed by atoms with Crippen LogP contribution in [-0.2, 0) is 0 Å². The minimum Gasteiger partial charge on any atom is -0.349 e. The van der Waals surface area contributed by atoms with E-state index in [9.17, 15) is 4.79 Å². The Labute approximate surface area is 98.5 Å². The van der Waals surface area contributed by atoms with E-state index in [4.69, 9.17) is 0 Å². The monoisotopic (exact) mass is 267 g/mol. The number of allylic oxidation sites excluding steroid dienone is 1. The molecule has 1 amide bonds. The van der Waals surface area contributed by atoms with E-state index in [1.807, 2.05) is 44.2 Å². The van der Waals surface area contributed by atoms with Crippen molar-refractivity contribution in [1.29, 1.82) is 0 Å². The van der Waals surface area contributed by atoms with Gasteiger partial charge >= 0.3 is 0 Å². The van der Waals surface area contributed by atoms with Crippen LogP contribution in [0.5, 0.6) is 0 Å². The fourth-order valence-electron chi connectivity index (χ4n) is 1.28. The van der Waals surface area contributed by atoms with Crippen molar-refractivity contribution >= 4 is 21.8 Å². The summed E-state index contributed by atoms with van der Waals surface area (Å²) in [5, 5.41) is 2.83. The Hall–Kier alpha value is -1.09. The molecule has 1 rings (SSSR count). The Kier molecular flexibility index (Phi) is 4.56. The lowest BCUT2D eigenvalue weighted by Gasteiger charge is -2.07. The number of carbonyl (C=O) groups excluding carboxylic acids is 1. The molecule has 0 bridgehead atoms. The van der Waals surface area contributed by atoms with Gasteiger partial charge in [0.1, 0.15) is 0 Å². The van der Waals surface area contributed by atoms with Crippen molar-refractivity contribution in [1.82, 2.24) is 5.32 Å². The number of benzene rings is 1. The summed E-state index contributed by atoms with van der Waals surface area (Å²) in [6, 6.07) is 5.72. The molecule has 1 aromatic carbocycles. The van der Waals surface area contributed by atoms with Gasteiger partial charge in [0.05, 0.1) is 5.56 Å². The SMILES string of the molecule is C/C=C/CNC(=O)c1c(C)cccc1Br. The molecule has 0 spiro atoms. The highest BCUT2D eigenvalue weighted by Gasteiger charge is 2.11. The molecule has 0 unspecified atom stereocenters. The summed E-state index contributed by atoms with van der Waals surface area (Å²) in [7, 11) is 0. The average Bonchev–Trinajstić information content (AvgIpc) is 2.18. The van der Waals surface area contributed by atoms with Crippen LogP contribution >= 0.6 is 15.9 Å². The van der Waals surface area contributed by atoms with Gasteiger partial charge in [0.2, 0.25) is 0 Å². The minimum atomic E-state index is -0.0434. The molecule has 0 radical (unpaired) electrons. The van der Waals surface area contributed by atoms with Crippen molar-refractivity contribution in [2.45, 2.75) is 13.8 Å². The predicted octanol–water partition coefficient (Wildman–Crippen LogP) is 3.06. The van der Waals surface area contributed by atoms with Crippen LogP contribution < -0.4 is 5.32 Å². The molecule has 0 aliphatic rings. The lowest BCUT2D eigenvalue weighted by molar-refractivity contribution is 0.0956. The van der Waals surface area contributed by atoms with Gasteiger partial charge in [-0.3, -0.25) is 4.79 Å². The second-order valence-corrected chi connectivity index (χ2v) is 4.07. The first kappa shape index (κ1) is 12.0. The summed E-state index contributed by atoms with van der Waals surface area (Å²) in [5.74, 6) is -0.0434. The third-order valence-corrected chi connectivity index (χ3v) is 2.73. The van der Waals surface area contributed by atoms with Crippen molar-refractivity contribution in [3.8, 4) is 0 Å². The van der Waals surface area contributed by atoms with Crippen LogP contribution in [0.25, 0.3) is 0 Å². The molecule has 3 heteroatoms. The maximum atomic E-state index is 11.8. The van der Waals surface area contributed by atoms with E-state index in [1.165, 1.54) is 0 Å². The Morgan fingerprint density at radius 3 is 2.87 bits per heavy atom. The quantitative estimate of drug-likeness (QED) is 0.839. The third-order valence-electron chi connectivity index (χ3n) is 2.07. The highest BCUT2D eigenvalue weighted by atomic mass is 79.9. The molecule has 0 heterocycles. The zero-order valence-electron chi connectivity index (χ0n) is 8.88. The zero-order chi connectivity index (χ0) is 11.3. The van der Waals surface area contributed by atoms with Gasteiger partial charge < -0.3 is 5.32 Å². The summed E-state index contributed by atoms with van der Waals surface area (Å²) < 4.78 is 0.834. The van der Waals surface area contributed by atoms with Gasteiger partial charge in [-0.25, -0.2) is 0 Å². The maximum Gasteiger partial charge on any atom is 0.252 e. The van der Waals surface area contributed by atoms with Crippen molar-refractivity contribution in [2.75, 3.05) is 6.54 Å². The number of amides is 1. The Bertz CT molecular complexity index is 365. The molecular weight excluding hydrogens is 254 g/mol. The van der Waals surface area contributed by atoms with Crippen LogP contribution in [0.15, 0.2) is 34.8 Å². The number of carbonyl (C=O) groups is 1. The average molecular weight is 268 g/mol. The van der Waals surface area contributed by atoms with E-state index in [0.717, 1.165) is 10.0 Å². The van der Waals surface area contributed by atoms with E-state index < -0.39 is 0 Å². The number of nitrogens with one attached hydrogen (secondary N) is 1.